The standard InChI is InChI=1S/C18H24N6O/c25-17(20-11-12-23-18-21-7-3-8-22-18)16-4-1-2-13-24(16)14-15-5-9-19-10-6-15/h3,5-10,16H,1-2,4,11-14H2,(H,20,25)(H,21,22,23). The summed E-state index contributed by atoms with van der Waals surface area (Å²) in [7, 11) is 0. The minimum atomic E-state index is -0.0603. The lowest BCUT2D eigenvalue weighted by atomic mass is 10.0. The quantitative estimate of drug-likeness (QED) is 0.743. The van der Waals surface area contributed by atoms with Gasteiger partial charge >= 0.3 is 0 Å². The Morgan fingerprint density at radius 1 is 1.12 bits per heavy atom. The average molecular weight is 340 g/mol. The highest BCUT2D eigenvalue weighted by Crippen LogP contribution is 2.19. The first-order valence-electron chi connectivity index (χ1n) is 8.74. The highest BCUT2D eigenvalue weighted by Gasteiger charge is 2.28. The van der Waals surface area contributed by atoms with Crippen LogP contribution in [0.5, 0.6) is 0 Å². The van der Waals surface area contributed by atoms with Gasteiger partial charge in [-0.3, -0.25) is 14.7 Å². The predicted octanol–water partition coefficient (Wildman–Crippen LogP) is 1.45. The van der Waals surface area contributed by atoms with Gasteiger partial charge in [-0.2, -0.15) is 0 Å². The van der Waals surface area contributed by atoms with Gasteiger partial charge in [0.05, 0.1) is 6.04 Å². The van der Waals surface area contributed by atoms with Crippen LogP contribution < -0.4 is 10.6 Å². The van der Waals surface area contributed by atoms with Crippen molar-refractivity contribution in [1.29, 1.82) is 0 Å². The molecule has 3 heterocycles. The van der Waals surface area contributed by atoms with Crippen molar-refractivity contribution in [3.63, 3.8) is 0 Å². The van der Waals surface area contributed by atoms with Crippen LogP contribution in [0.15, 0.2) is 43.0 Å². The van der Waals surface area contributed by atoms with Gasteiger partial charge in [-0.25, -0.2) is 9.97 Å². The van der Waals surface area contributed by atoms with Gasteiger partial charge in [0.25, 0.3) is 0 Å². The summed E-state index contributed by atoms with van der Waals surface area (Å²) in [6.07, 6.45) is 10.1. The molecule has 0 saturated carbocycles. The molecule has 0 radical (unpaired) electrons. The Morgan fingerprint density at radius 2 is 1.92 bits per heavy atom. The number of pyridine rings is 1. The SMILES string of the molecule is O=C(NCCNc1ncccn1)C1CCCCN1Cc1ccncc1. The molecule has 7 heteroatoms. The van der Waals surface area contributed by atoms with Gasteiger partial charge in [-0.15, -0.1) is 0 Å². The third kappa shape index (κ3) is 5.22. The van der Waals surface area contributed by atoms with Crippen LogP contribution >= 0.6 is 0 Å². The van der Waals surface area contributed by atoms with Crippen molar-refractivity contribution in [2.24, 2.45) is 0 Å². The second-order valence-corrected chi connectivity index (χ2v) is 6.13. The lowest BCUT2D eigenvalue weighted by Crippen LogP contribution is -2.49. The third-order valence-electron chi connectivity index (χ3n) is 4.32. The second kappa shape index (κ2) is 9.08. The van der Waals surface area contributed by atoms with Crippen LogP contribution in [-0.2, 0) is 11.3 Å². The zero-order chi connectivity index (χ0) is 17.3. The molecule has 0 aliphatic carbocycles. The second-order valence-electron chi connectivity index (χ2n) is 6.13. The van der Waals surface area contributed by atoms with Gasteiger partial charge in [0.1, 0.15) is 0 Å². The van der Waals surface area contributed by atoms with Crippen molar-refractivity contribution >= 4 is 11.9 Å². The van der Waals surface area contributed by atoms with E-state index >= 15 is 0 Å². The number of nitrogens with zero attached hydrogens (tertiary/aromatic N) is 4. The molecule has 3 rings (SSSR count). The van der Waals surface area contributed by atoms with E-state index in [1.165, 1.54) is 5.56 Å². The van der Waals surface area contributed by atoms with Gasteiger partial charge < -0.3 is 10.6 Å². The summed E-state index contributed by atoms with van der Waals surface area (Å²) in [6.45, 7) is 2.90. The number of carbonyl (C=O) groups excluding carboxylic acids is 1. The van der Waals surface area contributed by atoms with E-state index in [0.29, 0.717) is 19.0 Å². The van der Waals surface area contributed by atoms with Crippen LogP contribution in [0.2, 0.25) is 0 Å². The maximum absolute atomic E-state index is 12.6. The lowest BCUT2D eigenvalue weighted by molar-refractivity contribution is -0.127. The Kier molecular flexibility index (Phi) is 6.28. The number of piperidine rings is 1. The molecule has 1 unspecified atom stereocenters. The molecular weight excluding hydrogens is 316 g/mol. The van der Waals surface area contributed by atoms with E-state index in [0.717, 1.165) is 32.4 Å². The van der Waals surface area contributed by atoms with Gasteiger partial charge in [0, 0.05) is 44.4 Å². The highest BCUT2D eigenvalue weighted by atomic mass is 16.2. The first-order valence-corrected chi connectivity index (χ1v) is 8.74. The molecule has 1 aliphatic heterocycles. The Balaban J connectivity index is 1.47. The summed E-state index contributed by atoms with van der Waals surface area (Å²) in [4.78, 5) is 27.1. The topological polar surface area (TPSA) is 83.0 Å². The predicted molar refractivity (Wildman–Crippen MR) is 95.8 cm³/mol. The summed E-state index contributed by atoms with van der Waals surface area (Å²) in [5, 5.41) is 6.12. The zero-order valence-corrected chi connectivity index (χ0v) is 14.3. The summed E-state index contributed by atoms with van der Waals surface area (Å²) in [5.41, 5.74) is 1.19. The van der Waals surface area contributed by atoms with Crippen LogP contribution in [0.4, 0.5) is 5.95 Å². The molecule has 1 fully saturated rings. The maximum Gasteiger partial charge on any atom is 0.237 e. The molecule has 1 atom stereocenters. The van der Waals surface area contributed by atoms with Crippen molar-refractivity contribution in [1.82, 2.24) is 25.2 Å². The third-order valence-corrected chi connectivity index (χ3v) is 4.32. The summed E-state index contributed by atoms with van der Waals surface area (Å²) < 4.78 is 0. The Bertz CT molecular complexity index is 651. The fraction of sp³-hybridized carbons (Fsp3) is 0.444. The molecule has 0 aromatic carbocycles. The zero-order valence-electron chi connectivity index (χ0n) is 14.3. The number of carbonyl (C=O) groups is 1. The van der Waals surface area contributed by atoms with Gasteiger partial charge in [0.2, 0.25) is 11.9 Å². The minimum absolute atomic E-state index is 0.0603. The molecular formula is C18H24N6O. The van der Waals surface area contributed by atoms with Crippen molar-refractivity contribution in [3.8, 4) is 0 Å². The number of hydrogen-bond donors (Lipinski definition) is 2. The summed E-state index contributed by atoms with van der Waals surface area (Å²) in [5.74, 6) is 0.679. The summed E-state index contributed by atoms with van der Waals surface area (Å²) in [6, 6.07) is 5.73. The van der Waals surface area contributed by atoms with Crippen molar-refractivity contribution in [3.05, 3.63) is 48.5 Å². The fourth-order valence-corrected chi connectivity index (χ4v) is 3.07. The molecule has 25 heavy (non-hydrogen) atoms. The van der Waals surface area contributed by atoms with E-state index in [9.17, 15) is 4.79 Å². The number of amides is 1. The highest BCUT2D eigenvalue weighted by molar-refractivity contribution is 5.81. The average Bonchev–Trinajstić information content (AvgIpc) is 2.67. The van der Waals surface area contributed by atoms with E-state index in [1.807, 2.05) is 12.1 Å². The fourth-order valence-electron chi connectivity index (χ4n) is 3.07. The monoisotopic (exact) mass is 340 g/mol. The molecule has 2 aromatic heterocycles. The molecule has 7 nitrogen and oxygen atoms in total. The van der Waals surface area contributed by atoms with Crippen molar-refractivity contribution in [2.75, 3.05) is 25.0 Å². The van der Waals surface area contributed by atoms with Gasteiger partial charge in [0.15, 0.2) is 0 Å². The van der Waals surface area contributed by atoms with E-state index in [2.05, 4.69) is 30.5 Å². The molecule has 0 spiro atoms. The minimum Gasteiger partial charge on any atom is -0.353 e. The molecule has 1 aliphatic rings. The smallest absolute Gasteiger partial charge is 0.237 e. The number of anilines is 1. The number of likely N-dealkylation sites (tertiary alicyclic amines) is 1. The largest absolute Gasteiger partial charge is 0.353 e. The van der Waals surface area contributed by atoms with E-state index in [1.54, 1.807) is 30.9 Å². The van der Waals surface area contributed by atoms with Crippen LogP contribution in [0, 0.1) is 0 Å². The first-order chi connectivity index (χ1) is 12.3. The Labute approximate surface area is 147 Å². The number of nitrogens with one attached hydrogen (secondary N) is 2. The van der Waals surface area contributed by atoms with E-state index in [-0.39, 0.29) is 11.9 Å². The normalized spacial score (nSPS) is 17.8. The van der Waals surface area contributed by atoms with Crippen LogP contribution in [0.3, 0.4) is 0 Å². The molecule has 0 bridgehead atoms. The molecule has 1 saturated heterocycles. The van der Waals surface area contributed by atoms with Gasteiger partial charge in [-0.1, -0.05) is 6.42 Å². The van der Waals surface area contributed by atoms with Crippen molar-refractivity contribution in [2.45, 2.75) is 31.8 Å². The van der Waals surface area contributed by atoms with Crippen LogP contribution in [-0.4, -0.2) is 51.4 Å². The summed E-state index contributed by atoms with van der Waals surface area (Å²) >= 11 is 0. The molecule has 2 N–H and O–H groups in total. The maximum atomic E-state index is 12.6. The van der Waals surface area contributed by atoms with E-state index in [4.69, 9.17) is 0 Å². The van der Waals surface area contributed by atoms with E-state index < -0.39 is 0 Å². The Hall–Kier alpha value is -2.54. The molecule has 2 aromatic rings. The number of hydrogen-bond acceptors (Lipinski definition) is 6. The van der Waals surface area contributed by atoms with Crippen LogP contribution in [0.1, 0.15) is 24.8 Å². The molecule has 1 amide bonds. The number of rotatable bonds is 7. The van der Waals surface area contributed by atoms with Crippen LogP contribution in [0.25, 0.3) is 0 Å². The number of aromatic nitrogens is 3. The lowest BCUT2D eigenvalue weighted by Gasteiger charge is -2.34. The van der Waals surface area contributed by atoms with Gasteiger partial charge in [-0.05, 0) is 43.1 Å². The first kappa shape index (κ1) is 17.3. The Morgan fingerprint density at radius 3 is 2.72 bits per heavy atom. The van der Waals surface area contributed by atoms with Crippen molar-refractivity contribution < 1.29 is 4.79 Å². The molecule has 132 valence electrons.